The van der Waals surface area contributed by atoms with Crippen LogP contribution in [0.1, 0.15) is 70.7 Å². The van der Waals surface area contributed by atoms with Gasteiger partial charge in [0.05, 0.1) is 30.0 Å². The Hall–Kier alpha value is -2.80. The molecule has 0 spiro atoms. The minimum absolute atomic E-state index is 0.103. The number of carbonyl (C=O) groups excluding carboxylic acids is 1. The number of nitriles is 1. The first kappa shape index (κ1) is 29.2. The van der Waals surface area contributed by atoms with Crippen LogP contribution in [0.25, 0.3) is 0 Å². The lowest BCUT2D eigenvalue weighted by Crippen LogP contribution is -2.47. The summed E-state index contributed by atoms with van der Waals surface area (Å²) in [4.78, 5) is 19.4. The lowest BCUT2D eigenvalue weighted by atomic mass is 9.89. The lowest BCUT2D eigenvalue weighted by molar-refractivity contribution is -0.0407. The Balaban J connectivity index is 1.51. The standard InChI is InChI=1S/C30H40N4O4S/c1-19-16-34(17-20(2)37-19)26-25-18-36-30(6,7)14-23(25)24(15-31)27(33-26)39-13-12-21-8-10-22(11-9-21)32-28(35)38-29(3,4)5/h8-11,19-20H,12-14,16-18H2,1-7H3,(H,32,35). The van der Waals surface area contributed by atoms with Crippen LogP contribution in [0.5, 0.6) is 0 Å². The highest BCUT2D eigenvalue weighted by Crippen LogP contribution is 2.39. The number of anilines is 2. The molecule has 1 aromatic carbocycles. The van der Waals surface area contributed by atoms with Crippen LogP contribution in [-0.2, 0) is 33.7 Å². The Morgan fingerprint density at radius 2 is 1.87 bits per heavy atom. The molecule has 9 heteroatoms. The van der Waals surface area contributed by atoms with Crippen LogP contribution in [0.15, 0.2) is 29.3 Å². The number of hydrogen-bond acceptors (Lipinski definition) is 8. The maximum absolute atomic E-state index is 12.0. The maximum atomic E-state index is 12.0. The Labute approximate surface area is 236 Å². The molecule has 1 fully saturated rings. The van der Waals surface area contributed by atoms with Crippen molar-refractivity contribution in [1.82, 2.24) is 4.98 Å². The monoisotopic (exact) mass is 552 g/mol. The zero-order chi connectivity index (χ0) is 28.4. The number of aromatic nitrogens is 1. The number of nitrogens with zero attached hydrogens (tertiary/aromatic N) is 3. The third-order valence-electron chi connectivity index (χ3n) is 6.63. The number of thioether (sulfide) groups is 1. The van der Waals surface area contributed by atoms with Gasteiger partial charge in [0.15, 0.2) is 0 Å². The number of carbonyl (C=O) groups is 1. The van der Waals surface area contributed by atoms with Crippen LogP contribution in [-0.4, -0.2) is 53.3 Å². The molecule has 39 heavy (non-hydrogen) atoms. The minimum atomic E-state index is -0.546. The van der Waals surface area contributed by atoms with E-state index in [1.165, 1.54) is 0 Å². The number of aryl methyl sites for hydroxylation is 1. The van der Waals surface area contributed by atoms with E-state index >= 15 is 0 Å². The normalized spacial score (nSPS) is 20.6. The number of morpholine rings is 1. The molecular formula is C30H40N4O4S. The number of amides is 1. The molecule has 1 N–H and O–H groups in total. The molecule has 2 atom stereocenters. The Morgan fingerprint density at radius 1 is 1.21 bits per heavy atom. The zero-order valence-corrected chi connectivity index (χ0v) is 24.9. The number of fused-ring (bicyclic) bond motifs is 1. The predicted octanol–water partition coefficient (Wildman–Crippen LogP) is 6.10. The third kappa shape index (κ3) is 7.65. The molecule has 0 radical (unpaired) electrons. The van der Waals surface area contributed by atoms with E-state index in [2.05, 4.69) is 44.0 Å². The number of rotatable bonds is 6. The predicted molar refractivity (Wildman–Crippen MR) is 154 cm³/mol. The van der Waals surface area contributed by atoms with Crippen molar-refractivity contribution in [3.05, 3.63) is 46.5 Å². The highest BCUT2D eigenvalue weighted by Gasteiger charge is 2.34. The van der Waals surface area contributed by atoms with Crippen LogP contribution in [0, 0.1) is 11.3 Å². The van der Waals surface area contributed by atoms with Gasteiger partial charge in [-0.15, -0.1) is 11.8 Å². The van der Waals surface area contributed by atoms with E-state index in [0.717, 1.165) is 52.8 Å². The van der Waals surface area contributed by atoms with E-state index in [1.54, 1.807) is 11.8 Å². The molecule has 0 saturated carbocycles. The second-order valence-electron chi connectivity index (χ2n) is 12.0. The van der Waals surface area contributed by atoms with Crippen LogP contribution in [0.2, 0.25) is 0 Å². The fraction of sp³-hybridized carbons (Fsp3) is 0.567. The van der Waals surface area contributed by atoms with Crippen LogP contribution in [0.3, 0.4) is 0 Å². The molecule has 0 aliphatic carbocycles. The first-order chi connectivity index (χ1) is 18.3. The highest BCUT2D eigenvalue weighted by atomic mass is 32.2. The molecule has 1 amide bonds. The van der Waals surface area contributed by atoms with E-state index < -0.39 is 11.7 Å². The van der Waals surface area contributed by atoms with Crippen molar-refractivity contribution in [2.24, 2.45) is 0 Å². The molecule has 2 aromatic rings. The van der Waals surface area contributed by atoms with Gasteiger partial charge < -0.3 is 19.1 Å². The second kappa shape index (κ2) is 11.7. The van der Waals surface area contributed by atoms with Crippen molar-refractivity contribution in [1.29, 1.82) is 5.26 Å². The van der Waals surface area contributed by atoms with Crippen LogP contribution in [0.4, 0.5) is 16.3 Å². The molecule has 2 aliphatic rings. The Kier molecular flexibility index (Phi) is 8.79. The fourth-order valence-electron chi connectivity index (χ4n) is 5.00. The van der Waals surface area contributed by atoms with Gasteiger partial charge in [-0.2, -0.15) is 5.26 Å². The maximum Gasteiger partial charge on any atom is 0.412 e. The SMILES string of the molecule is CC1CN(c2nc(SCCc3ccc(NC(=O)OC(C)(C)C)cc3)c(C#N)c3c2COC(C)(C)C3)CC(C)O1. The van der Waals surface area contributed by atoms with Gasteiger partial charge >= 0.3 is 6.09 Å². The van der Waals surface area contributed by atoms with Crippen LogP contribution >= 0.6 is 11.8 Å². The van der Waals surface area contributed by atoms with E-state index in [9.17, 15) is 10.1 Å². The zero-order valence-electron chi connectivity index (χ0n) is 24.1. The minimum Gasteiger partial charge on any atom is -0.444 e. The number of benzene rings is 1. The molecule has 1 aromatic heterocycles. The lowest BCUT2D eigenvalue weighted by Gasteiger charge is -2.40. The average molecular weight is 553 g/mol. The molecule has 2 unspecified atom stereocenters. The van der Waals surface area contributed by atoms with Crippen molar-refractivity contribution < 1.29 is 19.0 Å². The quantitative estimate of drug-likeness (QED) is 0.430. The summed E-state index contributed by atoms with van der Waals surface area (Å²) >= 11 is 1.62. The number of hydrogen-bond donors (Lipinski definition) is 1. The molecule has 0 bridgehead atoms. The van der Waals surface area contributed by atoms with Gasteiger partial charge in [-0.1, -0.05) is 12.1 Å². The Bertz CT molecular complexity index is 1220. The first-order valence-electron chi connectivity index (χ1n) is 13.6. The molecule has 3 heterocycles. The third-order valence-corrected chi connectivity index (χ3v) is 7.60. The van der Waals surface area contributed by atoms with Crippen molar-refractivity contribution in [3.63, 3.8) is 0 Å². The first-order valence-corrected chi connectivity index (χ1v) is 14.5. The average Bonchev–Trinajstić information content (AvgIpc) is 2.82. The number of nitrogens with one attached hydrogen (secondary N) is 1. The van der Waals surface area contributed by atoms with Crippen molar-refractivity contribution in [2.75, 3.05) is 29.1 Å². The van der Waals surface area contributed by atoms with Crippen molar-refractivity contribution in [3.8, 4) is 6.07 Å². The van der Waals surface area contributed by atoms with Gasteiger partial charge in [0, 0.05) is 36.5 Å². The summed E-state index contributed by atoms with van der Waals surface area (Å²) in [6, 6.07) is 10.2. The summed E-state index contributed by atoms with van der Waals surface area (Å²) in [5, 5.41) is 13.7. The van der Waals surface area contributed by atoms with Gasteiger partial charge in [-0.25, -0.2) is 9.78 Å². The smallest absolute Gasteiger partial charge is 0.412 e. The van der Waals surface area contributed by atoms with E-state index in [-0.39, 0.29) is 17.8 Å². The molecule has 4 rings (SSSR count). The van der Waals surface area contributed by atoms with E-state index in [4.69, 9.17) is 19.2 Å². The fourth-order valence-corrected chi connectivity index (χ4v) is 5.99. The molecular weight excluding hydrogens is 512 g/mol. The summed E-state index contributed by atoms with van der Waals surface area (Å²) in [6.07, 6.45) is 1.21. The van der Waals surface area contributed by atoms with E-state index in [1.807, 2.05) is 45.0 Å². The van der Waals surface area contributed by atoms with Gasteiger partial charge in [0.1, 0.15) is 22.5 Å². The molecule has 1 saturated heterocycles. The second-order valence-corrected chi connectivity index (χ2v) is 13.1. The number of pyridine rings is 1. The van der Waals surface area contributed by atoms with Gasteiger partial charge in [0.2, 0.25) is 0 Å². The summed E-state index contributed by atoms with van der Waals surface area (Å²) in [6.45, 7) is 15.8. The summed E-state index contributed by atoms with van der Waals surface area (Å²) in [5.74, 6) is 1.69. The van der Waals surface area contributed by atoms with Gasteiger partial charge in [-0.3, -0.25) is 5.32 Å². The number of ether oxygens (including phenoxy) is 3. The summed E-state index contributed by atoms with van der Waals surface area (Å²) < 4.78 is 17.5. The molecule has 2 aliphatic heterocycles. The molecule has 8 nitrogen and oxygen atoms in total. The topological polar surface area (TPSA) is 96.7 Å². The van der Waals surface area contributed by atoms with E-state index in [0.29, 0.717) is 24.3 Å². The van der Waals surface area contributed by atoms with Crippen molar-refractivity contribution in [2.45, 2.75) is 96.4 Å². The molecule has 210 valence electrons. The highest BCUT2D eigenvalue weighted by molar-refractivity contribution is 7.99. The van der Waals surface area contributed by atoms with Crippen molar-refractivity contribution >= 4 is 29.4 Å². The Morgan fingerprint density at radius 3 is 2.49 bits per heavy atom. The summed E-state index contributed by atoms with van der Waals surface area (Å²) in [7, 11) is 0. The van der Waals surface area contributed by atoms with Crippen LogP contribution < -0.4 is 10.2 Å². The van der Waals surface area contributed by atoms with Gasteiger partial charge in [-0.05, 0) is 78.1 Å². The summed E-state index contributed by atoms with van der Waals surface area (Å²) in [5.41, 5.74) is 3.71. The largest absolute Gasteiger partial charge is 0.444 e. The van der Waals surface area contributed by atoms with Gasteiger partial charge in [0.25, 0.3) is 0 Å².